The van der Waals surface area contributed by atoms with Crippen LogP contribution in [-0.4, -0.2) is 41.3 Å². The van der Waals surface area contributed by atoms with E-state index in [4.69, 9.17) is 21.1 Å². The van der Waals surface area contributed by atoms with E-state index in [0.29, 0.717) is 22.8 Å². The van der Waals surface area contributed by atoms with E-state index in [2.05, 4.69) is 42.7 Å². The molecule has 8 heteroatoms. The van der Waals surface area contributed by atoms with Crippen LogP contribution in [0.4, 0.5) is 5.69 Å². The molecular weight excluding hydrogens is 396 g/mol. The van der Waals surface area contributed by atoms with E-state index in [1.54, 1.807) is 25.7 Å². The van der Waals surface area contributed by atoms with Crippen molar-refractivity contribution in [2.24, 2.45) is 5.92 Å². The van der Waals surface area contributed by atoms with E-state index in [9.17, 15) is 0 Å². The molecule has 0 N–H and O–H groups in total. The van der Waals surface area contributed by atoms with Crippen molar-refractivity contribution in [1.29, 1.82) is 0 Å². The number of piperidine rings is 1. The molecule has 0 radical (unpaired) electrons. The second kappa shape index (κ2) is 7.53. The van der Waals surface area contributed by atoms with Gasteiger partial charge in [0.1, 0.15) is 6.10 Å². The summed E-state index contributed by atoms with van der Waals surface area (Å²) in [7, 11) is 1.60. The smallest absolute Gasteiger partial charge is 0.316 e. The van der Waals surface area contributed by atoms with Gasteiger partial charge in [0.15, 0.2) is 0 Å². The van der Waals surface area contributed by atoms with Crippen LogP contribution in [-0.2, 0) is 0 Å². The zero-order valence-corrected chi connectivity index (χ0v) is 15.8. The molecule has 3 heterocycles. The number of methoxy groups -OCH3 is 1. The van der Waals surface area contributed by atoms with Gasteiger partial charge in [-0.25, -0.2) is 15.0 Å². The quantitative estimate of drug-likeness (QED) is 0.763. The van der Waals surface area contributed by atoms with E-state index in [-0.39, 0.29) is 6.10 Å². The van der Waals surface area contributed by atoms with Gasteiger partial charge in [-0.05, 0) is 15.9 Å². The number of hydrogen-bond acceptors (Lipinski definition) is 6. The lowest BCUT2D eigenvalue weighted by Gasteiger charge is -2.38. The summed E-state index contributed by atoms with van der Waals surface area (Å²) in [6.45, 7) is 3.81. The number of hydrogen-bond donors (Lipinski definition) is 0. The van der Waals surface area contributed by atoms with Crippen LogP contribution in [0.5, 0.6) is 11.9 Å². The molecule has 0 amide bonds. The molecule has 2 atom stereocenters. The van der Waals surface area contributed by atoms with E-state index in [1.807, 2.05) is 6.07 Å². The summed E-state index contributed by atoms with van der Waals surface area (Å²) < 4.78 is 12.0. The predicted molar refractivity (Wildman–Crippen MR) is 95.9 cm³/mol. The number of halogens is 2. The lowest BCUT2D eigenvalue weighted by molar-refractivity contribution is 0.110. The molecule has 0 saturated carbocycles. The Labute approximate surface area is 154 Å². The van der Waals surface area contributed by atoms with Crippen LogP contribution in [0.25, 0.3) is 0 Å². The molecule has 6 nitrogen and oxygen atoms in total. The highest BCUT2D eigenvalue weighted by molar-refractivity contribution is 9.10. The van der Waals surface area contributed by atoms with Gasteiger partial charge < -0.3 is 14.4 Å². The van der Waals surface area contributed by atoms with Crippen molar-refractivity contribution in [3.63, 3.8) is 0 Å². The normalized spacial score (nSPS) is 20.8. The third kappa shape index (κ3) is 3.89. The minimum Gasteiger partial charge on any atom is -0.481 e. The van der Waals surface area contributed by atoms with Crippen LogP contribution in [0.2, 0.25) is 5.02 Å². The van der Waals surface area contributed by atoms with Crippen LogP contribution < -0.4 is 14.4 Å². The molecule has 0 spiro atoms. The fraction of sp³-hybridized carbons (Fsp3) is 0.438. The second-order valence-corrected chi connectivity index (χ2v) is 7.05. The number of nitrogens with zero attached hydrogens (tertiary/aromatic N) is 4. The van der Waals surface area contributed by atoms with Crippen LogP contribution in [0.1, 0.15) is 13.3 Å². The molecule has 1 saturated heterocycles. The van der Waals surface area contributed by atoms with E-state index in [0.717, 1.165) is 29.7 Å². The van der Waals surface area contributed by atoms with Crippen LogP contribution in [0.15, 0.2) is 29.1 Å². The fourth-order valence-electron chi connectivity index (χ4n) is 2.78. The molecule has 0 bridgehead atoms. The summed E-state index contributed by atoms with van der Waals surface area (Å²) in [5.74, 6) is 0.866. The molecule has 0 unspecified atom stereocenters. The fourth-order valence-corrected chi connectivity index (χ4v) is 3.21. The maximum absolute atomic E-state index is 6.30. The molecule has 2 aromatic rings. The molecule has 0 aliphatic carbocycles. The first-order valence-electron chi connectivity index (χ1n) is 7.65. The maximum Gasteiger partial charge on any atom is 0.316 e. The molecule has 1 aliphatic heterocycles. The van der Waals surface area contributed by atoms with Crippen molar-refractivity contribution in [3.8, 4) is 11.9 Å². The molecule has 1 fully saturated rings. The second-order valence-electron chi connectivity index (χ2n) is 5.73. The average Bonchev–Trinajstić information content (AvgIpc) is 2.59. The van der Waals surface area contributed by atoms with Gasteiger partial charge >= 0.3 is 6.01 Å². The zero-order valence-electron chi connectivity index (χ0n) is 13.4. The molecule has 0 aromatic carbocycles. The van der Waals surface area contributed by atoms with Crippen molar-refractivity contribution in [2.45, 2.75) is 19.4 Å². The number of anilines is 1. The summed E-state index contributed by atoms with van der Waals surface area (Å²) in [5, 5.41) is 0.624. The topological polar surface area (TPSA) is 60.4 Å². The van der Waals surface area contributed by atoms with Crippen molar-refractivity contribution in [3.05, 3.63) is 34.2 Å². The van der Waals surface area contributed by atoms with Crippen molar-refractivity contribution < 1.29 is 9.47 Å². The van der Waals surface area contributed by atoms with E-state index < -0.39 is 0 Å². The summed E-state index contributed by atoms with van der Waals surface area (Å²) in [5.41, 5.74) is 0.939. The summed E-state index contributed by atoms with van der Waals surface area (Å²) in [6, 6.07) is 2.28. The third-order valence-electron chi connectivity index (χ3n) is 4.04. The summed E-state index contributed by atoms with van der Waals surface area (Å²) in [6.07, 6.45) is 5.93. The van der Waals surface area contributed by atoms with Crippen LogP contribution in [0.3, 0.4) is 0 Å². The van der Waals surface area contributed by atoms with Crippen LogP contribution in [0, 0.1) is 5.92 Å². The van der Waals surface area contributed by atoms with Gasteiger partial charge in [0.05, 0.1) is 28.5 Å². The van der Waals surface area contributed by atoms with E-state index in [1.165, 1.54) is 0 Å². The molecule has 3 rings (SSSR count). The Bertz CT molecular complexity index is 701. The number of ether oxygens (including phenoxy) is 2. The summed E-state index contributed by atoms with van der Waals surface area (Å²) >= 11 is 9.62. The van der Waals surface area contributed by atoms with Gasteiger partial charge in [-0.3, -0.25) is 0 Å². The van der Waals surface area contributed by atoms with Crippen LogP contribution >= 0.6 is 27.5 Å². The Morgan fingerprint density at radius 3 is 2.67 bits per heavy atom. The Kier molecular flexibility index (Phi) is 5.40. The van der Waals surface area contributed by atoms with Gasteiger partial charge in [-0.2, -0.15) is 0 Å². The molecule has 1 aliphatic rings. The number of aromatic nitrogens is 3. The highest BCUT2D eigenvalue weighted by Crippen LogP contribution is 2.32. The van der Waals surface area contributed by atoms with Crippen molar-refractivity contribution in [1.82, 2.24) is 15.0 Å². The Morgan fingerprint density at radius 2 is 2.00 bits per heavy atom. The zero-order chi connectivity index (χ0) is 17.1. The molecule has 2 aromatic heterocycles. The van der Waals surface area contributed by atoms with Gasteiger partial charge in [0.2, 0.25) is 5.88 Å². The third-order valence-corrected chi connectivity index (χ3v) is 4.74. The van der Waals surface area contributed by atoms with Gasteiger partial charge in [-0.15, -0.1) is 0 Å². The summed E-state index contributed by atoms with van der Waals surface area (Å²) in [4.78, 5) is 14.7. The first-order chi connectivity index (χ1) is 11.6. The predicted octanol–water partition coefficient (Wildman–Crippen LogP) is 3.59. The largest absolute Gasteiger partial charge is 0.481 e. The minimum absolute atomic E-state index is 0.0740. The maximum atomic E-state index is 6.30. The van der Waals surface area contributed by atoms with Crippen molar-refractivity contribution in [2.75, 3.05) is 25.1 Å². The van der Waals surface area contributed by atoms with E-state index >= 15 is 0 Å². The highest BCUT2D eigenvalue weighted by atomic mass is 79.9. The molecule has 24 heavy (non-hydrogen) atoms. The van der Waals surface area contributed by atoms with Gasteiger partial charge in [0.25, 0.3) is 0 Å². The van der Waals surface area contributed by atoms with Crippen molar-refractivity contribution >= 4 is 33.2 Å². The lowest BCUT2D eigenvalue weighted by atomic mass is 9.96. The first kappa shape index (κ1) is 17.2. The number of pyridine rings is 1. The molecular formula is C16H18BrClN4O2. The highest BCUT2D eigenvalue weighted by Gasteiger charge is 2.29. The Morgan fingerprint density at radius 1 is 1.25 bits per heavy atom. The monoisotopic (exact) mass is 412 g/mol. The van der Waals surface area contributed by atoms with Gasteiger partial charge in [0, 0.05) is 43.9 Å². The Hall–Kier alpha value is -1.60. The first-order valence-corrected chi connectivity index (χ1v) is 8.82. The SMILES string of the molecule is COc1cc(N2CC[C@@H](Oc3ncc(Br)cn3)[C@@H](C)C2)c(Cl)cn1. The lowest BCUT2D eigenvalue weighted by Crippen LogP contribution is -2.44. The average molecular weight is 414 g/mol. The number of rotatable bonds is 4. The molecule has 128 valence electrons. The standard InChI is InChI=1S/C16H18BrClN4O2/c1-10-9-22(13-5-15(23-2)19-8-12(13)18)4-3-14(10)24-16-20-6-11(17)7-21-16/h5-8,10,14H,3-4,9H2,1-2H3/t10-,14+/m0/s1. The Balaban J connectivity index is 1.68. The minimum atomic E-state index is 0.0740. The van der Waals surface area contributed by atoms with Gasteiger partial charge in [-0.1, -0.05) is 18.5 Å².